The van der Waals surface area contributed by atoms with Crippen molar-refractivity contribution in [1.29, 1.82) is 0 Å². The number of carbonyl (C=O) groups excluding carboxylic acids is 1. The van der Waals surface area contributed by atoms with Crippen LogP contribution in [0.2, 0.25) is 0 Å². The number of nitrogens with one attached hydrogen (secondary N) is 1. The summed E-state index contributed by atoms with van der Waals surface area (Å²) in [5.74, 6) is 0.00377. The lowest BCUT2D eigenvalue weighted by atomic mass is 9.85. The van der Waals surface area contributed by atoms with Crippen molar-refractivity contribution in [2.75, 3.05) is 13.2 Å². The van der Waals surface area contributed by atoms with E-state index in [1.54, 1.807) is 0 Å². The van der Waals surface area contributed by atoms with E-state index in [1.807, 2.05) is 6.92 Å². The lowest BCUT2D eigenvalue weighted by Gasteiger charge is -2.30. The maximum Gasteiger partial charge on any atom is 0.249 e. The van der Waals surface area contributed by atoms with Gasteiger partial charge in [0.05, 0.1) is 6.61 Å². The van der Waals surface area contributed by atoms with Gasteiger partial charge in [0.25, 0.3) is 0 Å². The smallest absolute Gasteiger partial charge is 0.249 e. The molecule has 3 atom stereocenters. The maximum absolute atomic E-state index is 11.9. The maximum atomic E-state index is 11.9. The topological polar surface area (TPSA) is 58.6 Å². The Morgan fingerprint density at radius 3 is 2.94 bits per heavy atom. The van der Waals surface area contributed by atoms with E-state index in [1.165, 1.54) is 0 Å². The minimum Gasteiger partial charge on any atom is -0.396 e. The number of aliphatic hydroxyl groups excluding tert-OH is 1. The van der Waals surface area contributed by atoms with Crippen LogP contribution in [0.4, 0.5) is 0 Å². The molecule has 1 aliphatic carbocycles. The second-order valence-electron chi connectivity index (χ2n) is 5.27. The zero-order valence-corrected chi connectivity index (χ0v) is 9.87. The lowest BCUT2D eigenvalue weighted by Crippen LogP contribution is -2.48. The van der Waals surface area contributed by atoms with E-state index in [9.17, 15) is 9.90 Å². The summed E-state index contributed by atoms with van der Waals surface area (Å²) in [7, 11) is 0. The summed E-state index contributed by atoms with van der Waals surface area (Å²) >= 11 is 0. The van der Waals surface area contributed by atoms with Gasteiger partial charge in [-0.25, -0.2) is 0 Å². The number of hydrogen-bond acceptors (Lipinski definition) is 3. The Hall–Kier alpha value is -0.610. The average molecular weight is 227 g/mol. The van der Waals surface area contributed by atoms with Gasteiger partial charge in [0.1, 0.15) is 6.10 Å². The highest BCUT2D eigenvalue weighted by molar-refractivity contribution is 5.81. The van der Waals surface area contributed by atoms with Gasteiger partial charge in [-0.3, -0.25) is 4.79 Å². The van der Waals surface area contributed by atoms with Gasteiger partial charge in [0, 0.05) is 18.1 Å². The predicted octanol–water partition coefficient (Wildman–Crippen LogP) is 0.833. The summed E-state index contributed by atoms with van der Waals surface area (Å²) < 4.78 is 5.35. The molecule has 92 valence electrons. The van der Waals surface area contributed by atoms with E-state index in [-0.39, 0.29) is 30.1 Å². The molecule has 0 spiro atoms. The Bertz CT molecular complexity index is 263. The Labute approximate surface area is 96.4 Å². The van der Waals surface area contributed by atoms with Crippen molar-refractivity contribution in [2.45, 2.75) is 51.2 Å². The van der Waals surface area contributed by atoms with Crippen molar-refractivity contribution in [3.8, 4) is 0 Å². The van der Waals surface area contributed by atoms with Crippen LogP contribution < -0.4 is 5.32 Å². The molecule has 4 heteroatoms. The Balaban J connectivity index is 1.91. The lowest BCUT2D eigenvalue weighted by molar-refractivity contribution is -0.131. The van der Waals surface area contributed by atoms with Gasteiger partial charge in [-0.1, -0.05) is 13.3 Å². The van der Waals surface area contributed by atoms with Crippen LogP contribution in [-0.4, -0.2) is 36.4 Å². The summed E-state index contributed by atoms with van der Waals surface area (Å²) in [6.07, 6.45) is 4.57. The molecular formula is C12H21NO3. The molecule has 16 heavy (non-hydrogen) atoms. The fourth-order valence-electron chi connectivity index (χ4n) is 2.72. The number of amides is 1. The largest absolute Gasteiger partial charge is 0.396 e. The molecule has 1 aliphatic heterocycles. The van der Waals surface area contributed by atoms with E-state index in [0.29, 0.717) is 6.61 Å². The molecule has 3 unspecified atom stereocenters. The summed E-state index contributed by atoms with van der Waals surface area (Å²) in [6, 6.07) is 0.106. The summed E-state index contributed by atoms with van der Waals surface area (Å²) in [5.41, 5.74) is -0.145. The molecule has 0 aromatic rings. The van der Waals surface area contributed by atoms with Crippen molar-refractivity contribution in [2.24, 2.45) is 5.41 Å². The second kappa shape index (κ2) is 4.72. The fraction of sp³-hybridized carbons (Fsp3) is 0.917. The van der Waals surface area contributed by atoms with Crippen LogP contribution in [0.25, 0.3) is 0 Å². The zero-order valence-electron chi connectivity index (χ0n) is 9.87. The molecule has 1 heterocycles. The minimum atomic E-state index is -0.261. The Kier molecular flexibility index (Phi) is 3.50. The first-order valence-electron chi connectivity index (χ1n) is 6.18. The molecule has 2 rings (SSSR count). The van der Waals surface area contributed by atoms with Crippen LogP contribution in [0, 0.1) is 5.41 Å². The molecule has 2 N–H and O–H groups in total. The monoisotopic (exact) mass is 227 g/mol. The first kappa shape index (κ1) is 11.9. The SMILES string of the molecule is CC1(CO)CCCC1NC(=O)C1CCCO1. The number of rotatable bonds is 3. The van der Waals surface area contributed by atoms with E-state index in [2.05, 4.69) is 5.32 Å². The van der Waals surface area contributed by atoms with E-state index in [4.69, 9.17) is 4.74 Å². The normalized spacial score (nSPS) is 38.9. The third-order valence-corrected chi connectivity index (χ3v) is 3.98. The molecule has 1 saturated heterocycles. The molecule has 0 aromatic carbocycles. The minimum absolute atomic E-state index is 0.00377. The third-order valence-electron chi connectivity index (χ3n) is 3.98. The average Bonchev–Trinajstić information content (AvgIpc) is 2.89. The van der Waals surface area contributed by atoms with Crippen molar-refractivity contribution in [3.63, 3.8) is 0 Å². The highest BCUT2D eigenvalue weighted by Crippen LogP contribution is 2.37. The van der Waals surface area contributed by atoms with Gasteiger partial charge in [0.15, 0.2) is 0 Å². The van der Waals surface area contributed by atoms with Gasteiger partial charge < -0.3 is 15.2 Å². The van der Waals surface area contributed by atoms with Crippen LogP contribution in [0.1, 0.15) is 39.0 Å². The summed E-state index contributed by atoms with van der Waals surface area (Å²) in [5, 5.41) is 12.4. The molecule has 2 aliphatic rings. The Morgan fingerprint density at radius 2 is 2.31 bits per heavy atom. The van der Waals surface area contributed by atoms with E-state index >= 15 is 0 Å². The third kappa shape index (κ3) is 2.23. The molecular weight excluding hydrogens is 206 g/mol. The van der Waals surface area contributed by atoms with Crippen LogP contribution in [0.5, 0.6) is 0 Å². The standard InChI is InChI=1S/C12H21NO3/c1-12(8-14)6-2-5-10(12)13-11(15)9-4-3-7-16-9/h9-10,14H,2-8H2,1H3,(H,13,15). The van der Waals surface area contributed by atoms with Gasteiger partial charge in [-0.2, -0.15) is 0 Å². The summed E-state index contributed by atoms with van der Waals surface area (Å²) in [4.78, 5) is 11.9. The Morgan fingerprint density at radius 1 is 1.50 bits per heavy atom. The van der Waals surface area contributed by atoms with Crippen LogP contribution in [0.15, 0.2) is 0 Å². The highest BCUT2D eigenvalue weighted by Gasteiger charge is 2.40. The number of hydrogen-bond donors (Lipinski definition) is 2. The molecule has 1 amide bonds. The van der Waals surface area contributed by atoms with Gasteiger partial charge in [-0.05, 0) is 25.7 Å². The van der Waals surface area contributed by atoms with Gasteiger partial charge >= 0.3 is 0 Å². The molecule has 4 nitrogen and oxygen atoms in total. The van der Waals surface area contributed by atoms with E-state index < -0.39 is 0 Å². The second-order valence-corrected chi connectivity index (χ2v) is 5.27. The molecule has 2 fully saturated rings. The van der Waals surface area contributed by atoms with Crippen LogP contribution in [0.3, 0.4) is 0 Å². The molecule has 0 aromatic heterocycles. The summed E-state index contributed by atoms with van der Waals surface area (Å²) in [6.45, 7) is 2.88. The van der Waals surface area contributed by atoms with Crippen molar-refractivity contribution >= 4 is 5.91 Å². The first-order valence-corrected chi connectivity index (χ1v) is 6.18. The molecule has 0 radical (unpaired) electrons. The molecule has 1 saturated carbocycles. The van der Waals surface area contributed by atoms with Crippen LogP contribution in [-0.2, 0) is 9.53 Å². The first-order chi connectivity index (χ1) is 7.65. The van der Waals surface area contributed by atoms with E-state index in [0.717, 1.165) is 32.1 Å². The van der Waals surface area contributed by atoms with Crippen molar-refractivity contribution in [1.82, 2.24) is 5.32 Å². The predicted molar refractivity (Wildman–Crippen MR) is 59.9 cm³/mol. The number of aliphatic hydroxyl groups is 1. The van der Waals surface area contributed by atoms with Gasteiger partial charge in [0.2, 0.25) is 5.91 Å². The van der Waals surface area contributed by atoms with Crippen molar-refractivity contribution < 1.29 is 14.6 Å². The van der Waals surface area contributed by atoms with Gasteiger partial charge in [-0.15, -0.1) is 0 Å². The van der Waals surface area contributed by atoms with Crippen molar-refractivity contribution in [3.05, 3.63) is 0 Å². The fourth-order valence-corrected chi connectivity index (χ4v) is 2.72. The number of ether oxygens (including phenoxy) is 1. The zero-order chi connectivity index (χ0) is 11.6. The number of carbonyl (C=O) groups is 1. The van der Waals surface area contributed by atoms with Crippen LogP contribution >= 0.6 is 0 Å². The highest BCUT2D eigenvalue weighted by atomic mass is 16.5. The molecule has 0 bridgehead atoms. The quantitative estimate of drug-likeness (QED) is 0.751.